The van der Waals surface area contributed by atoms with Gasteiger partial charge in [-0.25, -0.2) is 0 Å². The molecule has 0 unspecified atom stereocenters. The van der Waals surface area contributed by atoms with Crippen LogP contribution in [0.15, 0.2) is 24.3 Å². The maximum atomic E-state index is 6.08. The minimum atomic E-state index is -0.112. The van der Waals surface area contributed by atoms with Crippen molar-refractivity contribution in [3.05, 3.63) is 34.9 Å². The van der Waals surface area contributed by atoms with Crippen molar-refractivity contribution in [3.8, 4) is 0 Å². The molecule has 1 aromatic carbocycles. The van der Waals surface area contributed by atoms with Gasteiger partial charge in [-0.15, -0.1) is 0 Å². The summed E-state index contributed by atoms with van der Waals surface area (Å²) < 4.78 is 10.9. The zero-order valence-electron chi connectivity index (χ0n) is 11.1. The first-order valence-electron chi connectivity index (χ1n) is 6.45. The Morgan fingerprint density at radius 3 is 2.44 bits per heavy atom. The van der Waals surface area contributed by atoms with Crippen LogP contribution < -0.4 is 5.32 Å². The second kappa shape index (κ2) is 9.34. The predicted molar refractivity (Wildman–Crippen MR) is 74.8 cm³/mol. The number of nitrogens with one attached hydrogen (secondary N) is 1. The van der Waals surface area contributed by atoms with E-state index in [0.717, 1.165) is 30.1 Å². The molecular formula is C14H22ClNO2. The van der Waals surface area contributed by atoms with Gasteiger partial charge in [-0.05, 0) is 25.5 Å². The summed E-state index contributed by atoms with van der Waals surface area (Å²) in [5.41, 5.74) is 1.11. The molecule has 0 aromatic heterocycles. The largest absolute Gasteiger partial charge is 0.353 e. The highest BCUT2D eigenvalue weighted by atomic mass is 35.5. The molecule has 0 fully saturated rings. The number of halogens is 1. The lowest BCUT2D eigenvalue weighted by Gasteiger charge is -2.17. The van der Waals surface area contributed by atoms with Gasteiger partial charge in [0.1, 0.15) is 0 Å². The third kappa shape index (κ3) is 5.83. The molecule has 1 N–H and O–H groups in total. The smallest absolute Gasteiger partial charge is 0.158 e. The molecule has 102 valence electrons. The summed E-state index contributed by atoms with van der Waals surface area (Å²) in [6, 6.07) is 7.86. The molecule has 18 heavy (non-hydrogen) atoms. The molecule has 0 aliphatic heterocycles. The van der Waals surface area contributed by atoms with Gasteiger partial charge in [0.15, 0.2) is 6.29 Å². The summed E-state index contributed by atoms with van der Waals surface area (Å²) in [4.78, 5) is 0. The number of hydrogen-bond acceptors (Lipinski definition) is 3. The molecule has 0 atom stereocenters. The van der Waals surface area contributed by atoms with E-state index in [-0.39, 0.29) is 6.29 Å². The summed E-state index contributed by atoms with van der Waals surface area (Å²) in [6.07, 6.45) is 0.727. The fraction of sp³-hybridized carbons (Fsp3) is 0.571. The van der Waals surface area contributed by atoms with Crippen LogP contribution in [0.4, 0.5) is 0 Å². The van der Waals surface area contributed by atoms with E-state index in [4.69, 9.17) is 21.1 Å². The van der Waals surface area contributed by atoms with Crippen LogP contribution in [0, 0.1) is 0 Å². The third-order valence-electron chi connectivity index (χ3n) is 2.54. The van der Waals surface area contributed by atoms with Gasteiger partial charge >= 0.3 is 0 Å². The maximum Gasteiger partial charge on any atom is 0.158 e. The van der Waals surface area contributed by atoms with E-state index >= 15 is 0 Å². The Labute approximate surface area is 114 Å². The highest BCUT2D eigenvalue weighted by molar-refractivity contribution is 6.31. The number of rotatable bonds is 9. The van der Waals surface area contributed by atoms with Crippen molar-refractivity contribution >= 4 is 11.6 Å². The van der Waals surface area contributed by atoms with Crippen molar-refractivity contribution in [2.24, 2.45) is 0 Å². The van der Waals surface area contributed by atoms with Crippen LogP contribution in [0.3, 0.4) is 0 Å². The van der Waals surface area contributed by atoms with Crippen molar-refractivity contribution in [2.75, 3.05) is 19.8 Å². The summed E-state index contributed by atoms with van der Waals surface area (Å²) in [7, 11) is 0. The van der Waals surface area contributed by atoms with Crippen LogP contribution in [0.2, 0.25) is 5.02 Å². The quantitative estimate of drug-likeness (QED) is 0.553. The number of benzene rings is 1. The van der Waals surface area contributed by atoms with Crippen molar-refractivity contribution in [1.82, 2.24) is 5.32 Å². The maximum absolute atomic E-state index is 6.08. The van der Waals surface area contributed by atoms with Crippen LogP contribution in [0.25, 0.3) is 0 Å². The summed E-state index contributed by atoms with van der Waals surface area (Å²) in [6.45, 7) is 6.91. The van der Waals surface area contributed by atoms with E-state index in [9.17, 15) is 0 Å². The topological polar surface area (TPSA) is 30.5 Å². The normalized spacial score (nSPS) is 11.1. The molecular weight excluding hydrogens is 250 g/mol. The Morgan fingerprint density at radius 2 is 1.83 bits per heavy atom. The predicted octanol–water partition coefficient (Wildman–Crippen LogP) is 3.22. The number of ether oxygens (including phenoxy) is 2. The number of hydrogen-bond donors (Lipinski definition) is 1. The Morgan fingerprint density at radius 1 is 1.17 bits per heavy atom. The summed E-state index contributed by atoms with van der Waals surface area (Å²) in [5.74, 6) is 0. The third-order valence-corrected chi connectivity index (χ3v) is 2.90. The standard InChI is InChI=1S/C14H22ClNO2/c1-3-17-14(18-4-2)9-10-16-11-12-7-5-6-8-13(12)15/h5-8,14,16H,3-4,9-11H2,1-2H3. The molecule has 1 rings (SSSR count). The SMILES string of the molecule is CCOC(CCNCc1ccccc1Cl)OCC. The molecule has 0 radical (unpaired) electrons. The Bertz CT molecular complexity index is 327. The van der Waals surface area contributed by atoms with Crippen LogP contribution in [-0.2, 0) is 16.0 Å². The molecule has 0 spiro atoms. The molecule has 1 aromatic rings. The highest BCUT2D eigenvalue weighted by Crippen LogP contribution is 2.14. The van der Waals surface area contributed by atoms with Crippen molar-refractivity contribution < 1.29 is 9.47 Å². The molecule has 4 heteroatoms. The van der Waals surface area contributed by atoms with E-state index < -0.39 is 0 Å². The molecule has 0 bridgehead atoms. The van der Waals surface area contributed by atoms with Crippen LogP contribution >= 0.6 is 11.6 Å². The van der Waals surface area contributed by atoms with Gasteiger partial charge in [-0.2, -0.15) is 0 Å². The van der Waals surface area contributed by atoms with Gasteiger partial charge in [0, 0.05) is 37.7 Å². The zero-order valence-corrected chi connectivity index (χ0v) is 11.9. The Kier molecular flexibility index (Phi) is 8.01. The molecule has 0 amide bonds. The van der Waals surface area contributed by atoms with Crippen molar-refractivity contribution in [2.45, 2.75) is 33.1 Å². The minimum Gasteiger partial charge on any atom is -0.353 e. The molecule has 3 nitrogen and oxygen atoms in total. The molecule has 0 saturated carbocycles. The van der Waals surface area contributed by atoms with Crippen LogP contribution in [0.1, 0.15) is 25.8 Å². The second-order valence-corrected chi connectivity index (χ2v) is 4.30. The van der Waals surface area contributed by atoms with E-state index in [2.05, 4.69) is 5.32 Å². The van der Waals surface area contributed by atoms with Gasteiger partial charge in [0.2, 0.25) is 0 Å². The molecule has 0 aliphatic rings. The lowest BCUT2D eigenvalue weighted by Crippen LogP contribution is -2.24. The highest BCUT2D eigenvalue weighted by Gasteiger charge is 2.07. The van der Waals surface area contributed by atoms with Crippen LogP contribution in [-0.4, -0.2) is 26.0 Å². The fourth-order valence-corrected chi connectivity index (χ4v) is 1.87. The van der Waals surface area contributed by atoms with E-state index in [1.807, 2.05) is 38.1 Å². The monoisotopic (exact) mass is 271 g/mol. The van der Waals surface area contributed by atoms with E-state index in [1.54, 1.807) is 0 Å². The van der Waals surface area contributed by atoms with Crippen molar-refractivity contribution in [1.29, 1.82) is 0 Å². The van der Waals surface area contributed by atoms with E-state index in [1.165, 1.54) is 0 Å². The van der Waals surface area contributed by atoms with Crippen LogP contribution in [0.5, 0.6) is 0 Å². The lowest BCUT2D eigenvalue weighted by atomic mass is 10.2. The fourth-order valence-electron chi connectivity index (χ4n) is 1.67. The molecule has 0 heterocycles. The zero-order chi connectivity index (χ0) is 13.2. The first kappa shape index (κ1) is 15.4. The second-order valence-electron chi connectivity index (χ2n) is 3.90. The minimum absolute atomic E-state index is 0.112. The lowest BCUT2D eigenvalue weighted by molar-refractivity contribution is -0.138. The Hall–Kier alpha value is -0.610. The molecule has 0 aliphatic carbocycles. The van der Waals surface area contributed by atoms with Gasteiger partial charge < -0.3 is 14.8 Å². The average Bonchev–Trinajstić information content (AvgIpc) is 2.37. The Balaban J connectivity index is 2.23. The molecule has 0 saturated heterocycles. The van der Waals surface area contributed by atoms with Crippen molar-refractivity contribution in [3.63, 3.8) is 0 Å². The van der Waals surface area contributed by atoms with Gasteiger partial charge in [-0.1, -0.05) is 29.8 Å². The average molecular weight is 272 g/mol. The van der Waals surface area contributed by atoms with E-state index in [0.29, 0.717) is 13.2 Å². The van der Waals surface area contributed by atoms with Gasteiger partial charge in [-0.3, -0.25) is 0 Å². The summed E-state index contributed by atoms with van der Waals surface area (Å²) >= 11 is 6.08. The van der Waals surface area contributed by atoms with Gasteiger partial charge in [0.05, 0.1) is 0 Å². The first-order chi connectivity index (χ1) is 8.77. The van der Waals surface area contributed by atoms with Gasteiger partial charge in [0.25, 0.3) is 0 Å². The summed E-state index contributed by atoms with van der Waals surface area (Å²) in [5, 5.41) is 4.15. The first-order valence-corrected chi connectivity index (χ1v) is 6.83.